The molecule has 0 saturated carbocycles. The Morgan fingerprint density at radius 3 is 1.92 bits per heavy atom. The van der Waals surface area contributed by atoms with Crippen molar-refractivity contribution in [2.24, 2.45) is 0 Å². The molecule has 0 saturated heterocycles. The minimum atomic E-state index is -1.67. The van der Waals surface area contributed by atoms with E-state index in [1.165, 1.54) is 23.5 Å². The fourth-order valence-corrected chi connectivity index (χ4v) is 3.31. The van der Waals surface area contributed by atoms with Crippen LogP contribution in [0.5, 0.6) is 0 Å². The molecule has 0 radical (unpaired) electrons. The van der Waals surface area contributed by atoms with E-state index in [9.17, 15) is 5.11 Å². The van der Waals surface area contributed by atoms with Crippen molar-refractivity contribution >= 4 is 35.1 Å². The van der Waals surface area contributed by atoms with Gasteiger partial charge in [-0.1, -0.05) is 41.2 Å². The van der Waals surface area contributed by atoms with Crippen molar-refractivity contribution in [2.45, 2.75) is 15.9 Å². The summed E-state index contributed by atoms with van der Waals surface area (Å²) in [6.45, 7) is 0. The molecule has 0 amide bonds. The Kier molecular flexibility index (Phi) is 5.53. The molecule has 0 bridgehead atoms. The molecule has 0 aliphatic heterocycles. The van der Waals surface area contributed by atoms with Crippen LogP contribution in [0.4, 0.5) is 0 Å². The molecule has 0 aliphatic rings. The number of nitrogens with zero attached hydrogens (tertiary/aromatic N) is 5. The van der Waals surface area contributed by atoms with Gasteiger partial charge in [-0.25, -0.2) is 24.9 Å². The second kappa shape index (κ2) is 7.65. The first kappa shape index (κ1) is 18.1. The van der Waals surface area contributed by atoms with Crippen molar-refractivity contribution in [2.75, 3.05) is 12.5 Å². The molecule has 0 spiro atoms. The summed E-state index contributed by atoms with van der Waals surface area (Å²) < 4.78 is 0. The first-order valence-corrected chi connectivity index (χ1v) is 10.0. The monoisotopic (exact) mass is 391 g/mol. The summed E-state index contributed by atoms with van der Waals surface area (Å²) in [6.07, 6.45) is 8.49. The van der Waals surface area contributed by atoms with E-state index in [1.54, 1.807) is 42.9 Å². The van der Waals surface area contributed by atoms with Crippen LogP contribution in [0.15, 0.2) is 53.2 Å². The molecule has 0 unspecified atom stereocenters. The van der Waals surface area contributed by atoms with Crippen LogP contribution in [0, 0.1) is 0 Å². The average molecular weight is 392 g/mol. The van der Waals surface area contributed by atoms with E-state index in [4.69, 9.17) is 11.6 Å². The molecule has 3 aromatic heterocycles. The zero-order valence-corrected chi connectivity index (χ0v) is 15.8. The lowest BCUT2D eigenvalue weighted by molar-refractivity contribution is 0.114. The van der Waals surface area contributed by atoms with Crippen LogP contribution in [-0.2, 0) is 5.60 Å². The van der Waals surface area contributed by atoms with Crippen LogP contribution in [0.3, 0.4) is 0 Å². The lowest BCUT2D eigenvalue weighted by Crippen LogP contribution is -2.32. The fraction of sp³-hybridized carbons (Fsp3) is 0.188. The lowest BCUT2D eigenvalue weighted by Gasteiger charge is -2.28. The largest absolute Gasteiger partial charge is 0.373 e. The summed E-state index contributed by atoms with van der Waals surface area (Å²) in [5.74, 6) is 0. The zero-order chi connectivity index (χ0) is 17.9. The highest BCUT2D eigenvalue weighted by molar-refractivity contribution is 7.98. The van der Waals surface area contributed by atoms with Gasteiger partial charge in [0.2, 0.25) is 0 Å². The first-order chi connectivity index (χ1) is 12.1. The Labute approximate surface area is 158 Å². The van der Waals surface area contributed by atoms with Gasteiger partial charge >= 0.3 is 0 Å². The predicted octanol–water partition coefficient (Wildman–Crippen LogP) is 3.04. The third-order valence-corrected chi connectivity index (χ3v) is 4.95. The maximum atomic E-state index is 11.7. The van der Waals surface area contributed by atoms with Gasteiger partial charge in [0, 0.05) is 24.2 Å². The number of halogens is 1. The van der Waals surface area contributed by atoms with E-state index in [0.29, 0.717) is 27.3 Å². The maximum absolute atomic E-state index is 11.7. The van der Waals surface area contributed by atoms with Crippen molar-refractivity contribution in [1.29, 1.82) is 0 Å². The molecular formula is C16H14ClN5OS2. The number of pyridine rings is 1. The van der Waals surface area contributed by atoms with Gasteiger partial charge in [-0.3, -0.25) is 0 Å². The van der Waals surface area contributed by atoms with Crippen LogP contribution in [-0.4, -0.2) is 42.5 Å². The maximum Gasteiger partial charge on any atom is 0.187 e. The third-order valence-electron chi connectivity index (χ3n) is 3.52. The standard InChI is InChI=1S/C16H14ClN5OS2/c1-24-14-19-8-5-11(21-14)16(23,10-4-3-7-18-13(10)17)12-6-9-20-15(22-12)25-2/h3-9,23H,1-2H3. The number of aromatic nitrogens is 5. The first-order valence-electron chi connectivity index (χ1n) is 7.18. The highest BCUT2D eigenvalue weighted by Gasteiger charge is 2.39. The molecule has 6 nitrogen and oxygen atoms in total. The number of hydrogen-bond donors (Lipinski definition) is 1. The summed E-state index contributed by atoms with van der Waals surface area (Å²) in [4.78, 5) is 21.4. The van der Waals surface area contributed by atoms with Crippen molar-refractivity contribution < 1.29 is 5.11 Å². The quantitative estimate of drug-likeness (QED) is 0.403. The third kappa shape index (κ3) is 3.48. The molecule has 0 fully saturated rings. The normalized spacial score (nSPS) is 11.5. The Bertz CT molecular complexity index is 848. The zero-order valence-electron chi connectivity index (χ0n) is 13.4. The number of rotatable bonds is 5. The lowest BCUT2D eigenvalue weighted by atomic mass is 9.87. The topological polar surface area (TPSA) is 84.7 Å². The molecule has 3 heterocycles. The molecule has 3 aromatic rings. The van der Waals surface area contributed by atoms with Crippen LogP contribution in [0.1, 0.15) is 17.0 Å². The minimum absolute atomic E-state index is 0.179. The van der Waals surface area contributed by atoms with E-state index in [-0.39, 0.29) is 5.15 Å². The molecule has 25 heavy (non-hydrogen) atoms. The minimum Gasteiger partial charge on any atom is -0.373 e. The summed E-state index contributed by atoms with van der Waals surface area (Å²) >= 11 is 9.05. The predicted molar refractivity (Wildman–Crippen MR) is 99.0 cm³/mol. The molecule has 9 heteroatoms. The highest BCUT2D eigenvalue weighted by Crippen LogP contribution is 2.38. The summed E-state index contributed by atoms with van der Waals surface area (Å²) in [5.41, 5.74) is -0.542. The highest BCUT2D eigenvalue weighted by atomic mass is 35.5. The van der Waals surface area contributed by atoms with Gasteiger partial charge in [0.05, 0.1) is 11.4 Å². The van der Waals surface area contributed by atoms with E-state index in [0.717, 1.165) is 0 Å². The number of hydrogen-bond acceptors (Lipinski definition) is 8. The number of thioether (sulfide) groups is 2. The molecule has 128 valence electrons. The SMILES string of the molecule is CSc1nccc(C(O)(c2ccnc(SC)n2)c2cccnc2Cl)n1. The van der Waals surface area contributed by atoms with Gasteiger partial charge in [0.15, 0.2) is 15.9 Å². The molecular weight excluding hydrogens is 378 g/mol. The molecule has 3 rings (SSSR count). The smallest absolute Gasteiger partial charge is 0.187 e. The summed E-state index contributed by atoms with van der Waals surface area (Å²) in [7, 11) is 0. The molecule has 0 aliphatic carbocycles. The Morgan fingerprint density at radius 2 is 1.44 bits per heavy atom. The Hall–Kier alpha value is -1.74. The van der Waals surface area contributed by atoms with E-state index >= 15 is 0 Å². The van der Waals surface area contributed by atoms with Gasteiger partial charge in [0.1, 0.15) is 5.15 Å². The number of aliphatic hydroxyl groups is 1. The van der Waals surface area contributed by atoms with Crippen molar-refractivity contribution in [1.82, 2.24) is 24.9 Å². The van der Waals surface area contributed by atoms with Gasteiger partial charge in [-0.2, -0.15) is 0 Å². The van der Waals surface area contributed by atoms with Gasteiger partial charge < -0.3 is 5.11 Å². The van der Waals surface area contributed by atoms with Crippen molar-refractivity contribution in [3.8, 4) is 0 Å². The molecule has 0 aromatic carbocycles. The van der Waals surface area contributed by atoms with Gasteiger partial charge in [0.25, 0.3) is 0 Å². The molecule has 0 atom stereocenters. The summed E-state index contributed by atoms with van der Waals surface area (Å²) in [5, 5.41) is 13.0. The Morgan fingerprint density at radius 1 is 0.880 bits per heavy atom. The Balaban J connectivity index is 2.29. The molecule has 1 N–H and O–H groups in total. The van der Waals surface area contributed by atoms with Crippen LogP contribution < -0.4 is 0 Å². The van der Waals surface area contributed by atoms with Crippen LogP contribution in [0.2, 0.25) is 5.15 Å². The average Bonchev–Trinajstić information content (AvgIpc) is 2.68. The summed E-state index contributed by atoms with van der Waals surface area (Å²) in [6, 6.07) is 6.70. The second-order valence-electron chi connectivity index (χ2n) is 4.91. The van der Waals surface area contributed by atoms with Crippen LogP contribution >= 0.6 is 35.1 Å². The van der Waals surface area contributed by atoms with Crippen molar-refractivity contribution in [3.63, 3.8) is 0 Å². The van der Waals surface area contributed by atoms with E-state index in [1.807, 2.05) is 12.5 Å². The van der Waals surface area contributed by atoms with E-state index < -0.39 is 5.60 Å². The fourth-order valence-electron chi connectivity index (χ4n) is 2.34. The van der Waals surface area contributed by atoms with Crippen molar-refractivity contribution in [3.05, 3.63) is 65.0 Å². The van der Waals surface area contributed by atoms with Gasteiger partial charge in [-0.15, -0.1) is 0 Å². The second-order valence-corrected chi connectivity index (χ2v) is 6.81. The van der Waals surface area contributed by atoms with E-state index in [2.05, 4.69) is 24.9 Å². The van der Waals surface area contributed by atoms with Crippen LogP contribution in [0.25, 0.3) is 0 Å². The van der Waals surface area contributed by atoms with Gasteiger partial charge in [-0.05, 0) is 30.7 Å².